The molecule has 0 aliphatic heterocycles. The number of benzene rings is 1. The van der Waals surface area contributed by atoms with Crippen LogP contribution in [0.4, 0.5) is 5.82 Å². The Bertz CT molecular complexity index is 783. The largest absolute Gasteiger partial charge is 0.507 e. The molecule has 19 heavy (non-hydrogen) atoms. The van der Waals surface area contributed by atoms with Crippen molar-refractivity contribution in [2.75, 3.05) is 5.73 Å². The molecular weight excluding hydrogens is 285 g/mol. The number of anilines is 1. The lowest BCUT2D eigenvalue weighted by atomic mass is 10.1. The summed E-state index contributed by atoms with van der Waals surface area (Å²) in [4.78, 5) is 4.38. The van der Waals surface area contributed by atoms with Crippen molar-refractivity contribution in [2.24, 2.45) is 0 Å². The molecule has 0 fully saturated rings. The summed E-state index contributed by atoms with van der Waals surface area (Å²) < 4.78 is 1.70. The Morgan fingerprint density at radius 2 is 1.84 bits per heavy atom. The normalized spacial score (nSPS) is 11.1. The molecule has 0 atom stereocenters. The number of nitrogens with two attached hydrogens (primary N) is 1. The third kappa shape index (κ3) is 1.99. The van der Waals surface area contributed by atoms with Gasteiger partial charge in [0.2, 0.25) is 0 Å². The fourth-order valence-corrected chi connectivity index (χ4v) is 2.26. The van der Waals surface area contributed by atoms with Gasteiger partial charge in [0.25, 0.3) is 0 Å². The van der Waals surface area contributed by atoms with Crippen molar-refractivity contribution in [1.82, 2.24) is 9.38 Å². The molecule has 3 rings (SSSR count). The second-order valence-electron chi connectivity index (χ2n) is 4.08. The Balaban J connectivity index is 2.30. The second kappa shape index (κ2) is 4.33. The molecule has 2 heterocycles. The predicted molar refractivity (Wildman–Crippen MR) is 76.7 cm³/mol. The molecule has 96 valence electrons. The lowest BCUT2D eigenvalue weighted by Gasteiger charge is -2.03. The van der Waals surface area contributed by atoms with Gasteiger partial charge in [-0.25, -0.2) is 4.98 Å². The van der Waals surface area contributed by atoms with E-state index >= 15 is 0 Å². The summed E-state index contributed by atoms with van der Waals surface area (Å²) >= 11 is 11.9. The number of hydrogen-bond acceptors (Lipinski definition) is 3. The molecule has 0 aliphatic rings. The SMILES string of the molecule is Nc1c(-c2cc(Cl)ccc2O)nc2cc(Cl)ccn12. The Labute approximate surface area is 119 Å². The van der Waals surface area contributed by atoms with E-state index in [9.17, 15) is 5.11 Å². The Morgan fingerprint density at radius 3 is 2.63 bits per heavy atom. The van der Waals surface area contributed by atoms with Gasteiger partial charge in [0.1, 0.15) is 22.9 Å². The molecule has 2 aromatic heterocycles. The summed E-state index contributed by atoms with van der Waals surface area (Å²) in [6, 6.07) is 8.14. The zero-order chi connectivity index (χ0) is 13.6. The Hall–Kier alpha value is -1.91. The fraction of sp³-hybridized carbons (Fsp3) is 0. The lowest BCUT2D eigenvalue weighted by molar-refractivity contribution is 0.477. The molecule has 3 aromatic rings. The van der Waals surface area contributed by atoms with Crippen molar-refractivity contribution in [1.29, 1.82) is 0 Å². The number of nitrogen functional groups attached to an aromatic ring is 1. The number of hydrogen-bond donors (Lipinski definition) is 2. The van der Waals surface area contributed by atoms with E-state index in [0.717, 1.165) is 0 Å². The highest BCUT2D eigenvalue weighted by Crippen LogP contribution is 2.35. The maximum Gasteiger partial charge on any atom is 0.140 e. The minimum atomic E-state index is 0.0746. The van der Waals surface area contributed by atoms with E-state index in [4.69, 9.17) is 28.9 Å². The Morgan fingerprint density at radius 1 is 1.11 bits per heavy atom. The van der Waals surface area contributed by atoms with E-state index in [1.165, 1.54) is 6.07 Å². The number of halogens is 2. The number of rotatable bonds is 1. The fourth-order valence-electron chi connectivity index (χ4n) is 1.94. The third-order valence-corrected chi connectivity index (χ3v) is 3.31. The minimum absolute atomic E-state index is 0.0746. The van der Waals surface area contributed by atoms with Crippen molar-refractivity contribution in [3.63, 3.8) is 0 Å². The third-order valence-electron chi connectivity index (χ3n) is 2.84. The van der Waals surface area contributed by atoms with Crippen LogP contribution in [-0.4, -0.2) is 14.5 Å². The van der Waals surface area contributed by atoms with Crippen molar-refractivity contribution in [2.45, 2.75) is 0 Å². The van der Waals surface area contributed by atoms with E-state index in [1.807, 2.05) is 0 Å². The number of aromatic nitrogens is 2. The van der Waals surface area contributed by atoms with Crippen LogP contribution >= 0.6 is 23.2 Å². The quantitative estimate of drug-likeness (QED) is 0.720. The van der Waals surface area contributed by atoms with Gasteiger partial charge in [0.15, 0.2) is 0 Å². The van der Waals surface area contributed by atoms with Crippen LogP contribution in [0.15, 0.2) is 36.5 Å². The molecule has 4 nitrogen and oxygen atoms in total. The number of phenolic OH excluding ortho intramolecular Hbond substituents is 1. The van der Waals surface area contributed by atoms with Crippen molar-refractivity contribution in [3.8, 4) is 17.0 Å². The number of nitrogens with zero attached hydrogens (tertiary/aromatic N) is 2. The number of fused-ring (bicyclic) bond motifs is 1. The maximum atomic E-state index is 9.90. The van der Waals surface area contributed by atoms with Crippen LogP contribution in [0.25, 0.3) is 16.9 Å². The van der Waals surface area contributed by atoms with Crippen LogP contribution in [0, 0.1) is 0 Å². The molecule has 0 unspecified atom stereocenters. The average Bonchev–Trinajstić information content (AvgIpc) is 2.69. The van der Waals surface area contributed by atoms with Crippen LogP contribution in [0.5, 0.6) is 5.75 Å². The molecule has 0 amide bonds. The Kier molecular flexibility index (Phi) is 2.77. The zero-order valence-corrected chi connectivity index (χ0v) is 11.2. The first-order chi connectivity index (χ1) is 9.06. The molecule has 0 saturated heterocycles. The number of pyridine rings is 1. The van der Waals surface area contributed by atoms with Gasteiger partial charge >= 0.3 is 0 Å². The standard InChI is InChI=1S/C13H9Cl2N3O/c14-7-1-2-10(19)9(5-7)12-13(16)18-4-3-8(15)6-11(18)17-12/h1-6,19H,16H2. The number of aromatic hydroxyl groups is 1. The first-order valence-electron chi connectivity index (χ1n) is 5.48. The predicted octanol–water partition coefficient (Wildman–Crippen LogP) is 3.60. The van der Waals surface area contributed by atoms with Gasteiger partial charge in [0, 0.05) is 27.9 Å². The van der Waals surface area contributed by atoms with Crippen LogP contribution in [0.3, 0.4) is 0 Å². The summed E-state index contributed by atoms with van der Waals surface area (Å²) in [5, 5.41) is 11.0. The summed E-state index contributed by atoms with van der Waals surface area (Å²) in [5.74, 6) is 0.495. The van der Waals surface area contributed by atoms with Crippen LogP contribution in [0.1, 0.15) is 0 Å². The van der Waals surface area contributed by atoms with Gasteiger partial charge in [-0.15, -0.1) is 0 Å². The molecule has 1 aromatic carbocycles. The van der Waals surface area contributed by atoms with E-state index < -0.39 is 0 Å². The van der Waals surface area contributed by atoms with E-state index in [0.29, 0.717) is 32.8 Å². The summed E-state index contributed by atoms with van der Waals surface area (Å²) in [5.41, 5.74) is 7.62. The highest BCUT2D eigenvalue weighted by molar-refractivity contribution is 6.31. The highest BCUT2D eigenvalue weighted by Gasteiger charge is 2.15. The molecule has 0 saturated carbocycles. The maximum absolute atomic E-state index is 9.90. The van der Waals surface area contributed by atoms with Crippen LogP contribution < -0.4 is 5.73 Å². The van der Waals surface area contributed by atoms with E-state index in [-0.39, 0.29) is 5.75 Å². The summed E-state index contributed by atoms with van der Waals surface area (Å²) in [7, 11) is 0. The van der Waals surface area contributed by atoms with Gasteiger partial charge < -0.3 is 10.8 Å². The van der Waals surface area contributed by atoms with Gasteiger partial charge in [-0.05, 0) is 24.3 Å². The molecule has 0 radical (unpaired) electrons. The summed E-state index contributed by atoms with van der Waals surface area (Å²) in [6.07, 6.45) is 1.73. The minimum Gasteiger partial charge on any atom is -0.507 e. The molecule has 0 aliphatic carbocycles. The molecule has 0 bridgehead atoms. The number of imidazole rings is 1. The molecule has 3 N–H and O–H groups in total. The average molecular weight is 294 g/mol. The van der Waals surface area contributed by atoms with Gasteiger partial charge in [-0.3, -0.25) is 4.40 Å². The lowest BCUT2D eigenvalue weighted by Crippen LogP contribution is -1.93. The van der Waals surface area contributed by atoms with Gasteiger partial charge in [0.05, 0.1) is 0 Å². The van der Waals surface area contributed by atoms with Crippen LogP contribution in [0.2, 0.25) is 10.0 Å². The molecule has 0 spiro atoms. The first-order valence-corrected chi connectivity index (χ1v) is 6.24. The van der Waals surface area contributed by atoms with E-state index in [1.54, 1.807) is 34.9 Å². The topological polar surface area (TPSA) is 63.5 Å². The number of phenols is 1. The molecule has 6 heteroatoms. The van der Waals surface area contributed by atoms with Gasteiger partial charge in [-0.1, -0.05) is 23.2 Å². The second-order valence-corrected chi connectivity index (χ2v) is 4.95. The first kappa shape index (κ1) is 12.1. The van der Waals surface area contributed by atoms with Crippen molar-refractivity contribution in [3.05, 3.63) is 46.6 Å². The van der Waals surface area contributed by atoms with Gasteiger partial charge in [-0.2, -0.15) is 0 Å². The zero-order valence-electron chi connectivity index (χ0n) is 9.64. The monoisotopic (exact) mass is 293 g/mol. The molecular formula is C13H9Cl2N3O. The van der Waals surface area contributed by atoms with Crippen molar-refractivity contribution < 1.29 is 5.11 Å². The van der Waals surface area contributed by atoms with Crippen LogP contribution in [-0.2, 0) is 0 Å². The highest BCUT2D eigenvalue weighted by atomic mass is 35.5. The summed E-state index contributed by atoms with van der Waals surface area (Å²) in [6.45, 7) is 0. The van der Waals surface area contributed by atoms with Crippen molar-refractivity contribution >= 4 is 34.7 Å². The smallest absolute Gasteiger partial charge is 0.140 e. The van der Waals surface area contributed by atoms with E-state index in [2.05, 4.69) is 4.98 Å².